The maximum absolute atomic E-state index is 3.22. The maximum Gasteiger partial charge on any atom is 0.0453 e. The summed E-state index contributed by atoms with van der Waals surface area (Å²) in [7, 11) is 0. The number of hydrogen-bond acceptors (Lipinski definition) is 0. The van der Waals surface area contributed by atoms with Gasteiger partial charge in [0.1, 0.15) is 0 Å². The number of aromatic amines is 1. The summed E-state index contributed by atoms with van der Waals surface area (Å²) in [6, 6.07) is 13.0. The van der Waals surface area contributed by atoms with Crippen LogP contribution in [0, 0.1) is 0 Å². The SMILES string of the molecule is CCCCc1ccc(-c2ccc[nH]2)cc1. The first-order valence-electron chi connectivity index (χ1n) is 5.63. The smallest absolute Gasteiger partial charge is 0.0453 e. The van der Waals surface area contributed by atoms with E-state index >= 15 is 0 Å². The Morgan fingerprint density at radius 2 is 1.87 bits per heavy atom. The molecule has 0 amide bonds. The summed E-state index contributed by atoms with van der Waals surface area (Å²) in [5.41, 5.74) is 3.89. The zero-order chi connectivity index (χ0) is 10.5. The van der Waals surface area contributed by atoms with Gasteiger partial charge in [-0.1, -0.05) is 37.6 Å². The maximum atomic E-state index is 3.22. The van der Waals surface area contributed by atoms with Crippen LogP contribution in [0.3, 0.4) is 0 Å². The standard InChI is InChI=1S/C14H17N/c1-2-3-5-12-7-9-13(10-8-12)14-6-4-11-15-14/h4,6-11,15H,2-3,5H2,1H3. The van der Waals surface area contributed by atoms with Crippen molar-refractivity contribution < 1.29 is 0 Å². The number of benzene rings is 1. The summed E-state index contributed by atoms with van der Waals surface area (Å²) in [6.45, 7) is 2.23. The molecule has 0 aliphatic carbocycles. The molecule has 1 nitrogen and oxygen atoms in total. The highest BCUT2D eigenvalue weighted by molar-refractivity contribution is 5.59. The van der Waals surface area contributed by atoms with Gasteiger partial charge < -0.3 is 4.98 Å². The van der Waals surface area contributed by atoms with E-state index in [2.05, 4.69) is 42.2 Å². The van der Waals surface area contributed by atoms with E-state index in [0.717, 1.165) is 0 Å². The van der Waals surface area contributed by atoms with Crippen LogP contribution in [0.1, 0.15) is 25.3 Å². The first kappa shape index (κ1) is 10.0. The zero-order valence-electron chi connectivity index (χ0n) is 9.16. The van der Waals surface area contributed by atoms with Crippen molar-refractivity contribution in [3.05, 3.63) is 48.2 Å². The van der Waals surface area contributed by atoms with Gasteiger partial charge in [0.2, 0.25) is 0 Å². The molecule has 0 spiro atoms. The molecule has 0 atom stereocenters. The number of rotatable bonds is 4. The molecule has 1 aromatic carbocycles. The van der Waals surface area contributed by atoms with E-state index in [1.54, 1.807) is 0 Å². The average molecular weight is 199 g/mol. The summed E-state index contributed by atoms with van der Waals surface area (Å²) in [6.07, 6.45) is 5.70. The van der Waals surface area contributed by atoms with Crippen molar-refractivity contribution in [2.24, 2.45) is 0 Å². The fourth-order valence-electron chi connectivity index (χ4n) is 1.74. The first-order chi connectivity index (χ1) is 7.40. The molecule has 0 aliphatic heterocycles. The summed E-state index contributed by atoms with van der Waals surface area (Å²) in [5, 5.41) is 0. The largest absolute Gasteiger partial charge is 0.361 e. The topological polar surface area (TPSA) is 15.8 Å². The van der Waals surface area contributed by atoms with Crippen LogP contribution in [0.5, 0.6) is 0 Å². The fourth-order valence-corrected chi connectivity index (χ4v) is 1.74. The molecular weight excluding hydrogens is 182 g/mol. The quantitative estimate of drug-likeness (QED) is 0.765. The Morgan fingerprint density at radius 3 is 2.47 bits per heavy atom. The third kappa shape index (κ3) is 2.50. The van der Waals surface area contributed by atoms with Crippen molar-refractivity contribution in [1.82, 2.24) is 4.98 Å². The molecule has 0 bridgehead atoms. The second-order valence-corrected chi connectivity index (χ2v) is 3.88. The molecule has 2 aromatic rings. The van der Waals surface area contributed by atoms with Crippen LogP contribution in [-0.2, 0) is 6.42 Å². The lowest BCUT2D eigenvalue weighted by molar-refractivity contribution is 0.795. The molecule has 1 heteroatoms. The van der Waals surface area contributed by atoms with E-state index < -0.39 is 0 Å². The molecule has 1 aromatic heterocycles. The summed E-state index contributed by atoms with van der Waals surface area (Å²) < 4.78 is 0. The molecule has 15 heavy (non-hydrogen) atoms. The third-order valence-electron chi connectivity index (χ3n) is 2.68. The van der Waals surface area contributed by atoms with Crippen molar-refractivity contribution in [2.75, 3.05) is 0 Å². The molecule has 78 valence electrons. The lowest BCUT2D eigenvalue weighted by Crippen LogP contribution is -1.84. The van der Waals surface area contributed by atoms with Gasteiger partial charge in [-0.3, -0.25) is 0 Å². The molecule has 0 fully saturated rings. The summed E-state index contributed by atoms with van der Waals surface area (Å²) >= 11 is 0. The zero-order valence-corrected chi connectivity index (χ0v) is 9.16. The second kappa shape index (κ2) is 4.83. The van der Waals surface area contributed by atoms with Crippen LogP contribution in [0.15, 0.2) is 42.6 Å². The predicted octanol–water partition coefficient (Wildman–Crippen LogP) is 4.02. The van der Waals surface area contributed by atoms with E-state index in [1.165, 1.54) is 36.1 Å². The van der Waals surface area contributed by atoms with Gasteiger partial charge in [0, 0.05) is 11.9 Å². The minimum absolute atomic E-state index is 1.19. The predicted molar refractivity (Wildman–Crippen MR) is 64.8 cm³/mol. The normalized spacial score (nSPS) is 10.5. The molecule has 1 heterocycles. The molecule has 1 N–H and O–H groups in total. The van der Waals surface area contributed by atoms with Crippen molar-refractivity contribution in [2.45, 2.75) is 26.2 Å². The lowest BCUT2D eigenvalue weighted by Gasteiger charge is -2.02. The Bertz CT molecular complexity index is 384. The van der Waals surface area contributed by atoms with E-state index in [4.69, 9.17) is 0 Å². The Morgan fingerprint density at radius 1 is 1.07 bits per heavy atom. The van der Waals surface area contributed by atoms with Gasteiger partial charge in [0.25, 0.3) is 0 Å². The molecule has 0 unspecified atom stereocenters. The van der Waals surface area contributed by atoms with E-state index in [9.17, 15) is 0 Å². The number of H-pyrrole nitrogens is 1. The number of unbranched alkanes of at least 4 members (excludes halogenated alkanes) is 1. The monoisotopic (exact) mass is 199 g/mol. The molecular formula is C14H17N. The molecule has 0 aliphatic rings. The first-order valence-corrected chi connectivity index (χ1v) is 5.63. The van der Waals surface area contributed by atoms with Crippen LogP contribution >= 0.6 is 0 Å². The minimum atomic E-state index is 1.19. The van der Waals surface area contributed by atoms with E-state index in [0.29, 0.717) is 0 Å². The number of aryl methyl sites for hydroxylation is 1. The van der Waals surface area contributed by atoms with Gasteiger partial charge in [-0.15, -0.1) is 0 Å². The van der Waals surface area contributed by atoms with Gasteiger partial charge >= 0.3 is 0 Å². The van der Waals surface area contributed by atoms with Gasteiger partial charge in [0.05, 0.1) is 0 Å². The van der Waals surface area contributed by atoms with Crippen molar-refractivity contribution in [1.29, 1.82) is 0 Å². The Kier molecular flexibility index (Phi) is 3.23. The highest BCUT2D eigenvalue weighted by atomic mass is 14.7. The second-order valence-electron chi connectivity index (χ2n) is 3.88. The highest BCUT2D eigenvalue weighted by Crippen LogP contribution is 2.18. The Balaban J connectivity index is 2.11. The molecule has 0 radical (unpaired) electrons. The molecule has 0 saturated heterocycles. The lowest BCUT2D eigenvalue weighted by atomic mass is 10.1. The minimum Gasteiger partial charge on any atom is -0.361 e. The van der Waals surface area contributed by atoms with Crippen LogP contribution in [0.4, 0.5) is 0 Å². The molecule has 2 rings (SSSR count). The van der Waals surface area contributed by atoms with Gasteiger partial charge in [-0.2, -0.15) is 0 Å². The van der Waals surface area contributed by atoms with Crippen molar-refractivity contribution in [3.8, 4) is 11.3 Å². The highest BCUT2D eigenvalue weighted by Gasteiger charge is 1.97. The molecule has 0 saturated carbocycles. The van der Waals surface area contributed by atoms with Crippen molar-refractivity contribution in [3.63, 3.8) is 0 Å². The summed E-state index contributed by atoms with van der Waals surface area (Å²) in [5.74, 6) is 0. The number of nitrogens with one attached hydrogen (secondary N) is 1. The van der Waals surface area contributed by atoms with Crippen LogP contribution in [0.2, 0.25) is 0 Å². The summed E-state index contributed by atoms with van der Waals surface area (Å²) in [4.78, 5) is 3.22. The van der Waals surface area contributed by atoms with Crippen LogP contribution < -0.4 is 0 Å². The van der Waals surface area contributed by atoms with E-state index in [1.807, 2.05) is 12.3 Å². The average Bonchev–Trinajstić information content (AvgIpc) is 2.80. The number of hydrogen-bond donors (Lipinski definition) is 1. The van der Waals surface area contributed by atoms with Crippen LogP contribution in [-0.4, -0.2) is 4.98 Å². The van der Waals surface area contributed by atoms with Crippen LogP contribution in [0.25, 0.3) is 11.3 Å². The van der Waals surface area contributed by atoms with Gasteiger partial charge in [-0.25, -0.2) is 0 Å². The van der Waals surface area contributed by atoms with Crippen molar-refractivity contribution >= 4 is 0 Å². The third-order valence-corrected chi connectivity index (χ3v) is 2.68. The fraction of sp³-hybridized carbons (Fsp3) is 0.286. The van der Waals surface area contributed by atoms with Gasteiger partial charge in [-0.05, 0) is 36.1 Å². The number of aromatic nitrogens is 1. The van der Waals surface area contributed by atoms with E-state index in [-0.39, 0.29) is 0 Å². The van der Waals surface area contributed by atoms with Gasteiger partial charge in [0.15, 0.2) is 0 Å². The Labute approximate surface area is 91.2 Å². The Hall–Kier alpha value is -1.50.